The van der Waals surface area contributed by atoms with E-state index in [1.807, 2.05) is 58.0 Å². The van der Waals surface area contributed by atoms with Gasteiger partial charge in [-0.3, -0.25) is 4.98 Å². The Kier molecular flexibility index (Phi) is 6.36. The van der Waals surface area contributed by atoms with Gasteiger partial charge in [-0.25, -0.2) is 9.18 Å². The van der Waals surface area contributed by atoms with Gasteiger partial charge in [0.1, 0.15) is 23.8 Å². The van der Waals surface area contributed by atoms with Gasteiger partial charge in [-0.05, 0) is 92.8 Å². The van der Waals surface area contributed by atoms with E-state index in [1.54, 1.807) is 17.2 Å². The monoisotopic (exact) mass is 448 g/mol. The molecule has 1 aromatic heterocycles. The van der Waals surface area contributed by atoms with Gasteiger partial charge in [0.15, 0.2) is 0 Å². The first kappa shape index (κ1) is 22.8. The quantitative estimate of drug-likeness (QED) is 0.486. The van der Waals surface area contributed by atoms with Gasteiger partial charge >= 0.3 is 6.09 Å². The molecule has 0 fully saturated rings. The number of halogens is 1. The molecule has 2 aromatic carbocycles. The topological polar surface area (TPSA) is 51.7 Å². The Morgan fingerprint density at radius 1 is 1.09 bits per heavy atom. The normalized spacial score (nSPS) is 13.4. The van der Waals surface area contributed by atoms with Crippen LogP contribution in [0.2, 0.25) is 0 Å². The summed E-state index contributed by atoms with van der Waals surface area (Å²) in [5.74, 6) is 0.249. The molecular weight excluding hydrogens is 419 g/mol. The van der Waals surface area contributed by atoms with E-state index in [9.17, 15) is 9.18 Å². The highest BCUT2D eigenvalue weighted by Gasteiger charge is 2.26. The summed E-state index contributed by atoms with van der Waals surface area (Å²) in [7, 11) is 0. The number of fused-ring (bicyclic) bond motifs is 1. The first-order chi connectivity index (χ1) is 15.7. The van der Waals surface area contributed by atoms with E-state index < -0.39 is 5.60 Å². The van der Waals surface area contributed by atoms with Crippen LogP contribution in [0, 0.1) is 12.7 Å². The van der Waals surface area contributed by atoms with Gasteiger partial charge in [-0.2, -0.15) is 0 Å². The standard InChI is InChI=1S/C27H29FN2O3/c1-18-9-11-29-23(13-18)17-32-25-8-7-22(28)15-24(25)20-6-5-19-10-12-30(16-21(19)14-20)26(31)33-27(2,3)4/h5-9,11,13-15H,10,12,16-17H2,1-4H3. The number of aromatic nitrogens is 1. The van der Waals surface area contributed by atoms with Gasteiger partial charge < -0.3 is 14.4 Å². The van der Waals surface area contributed by atoms with Crippen molar-refractivity contribution in [2.45, 2.75) is 52.9 Å². The van der Waals surface area contributed by atoms with Crippen molar-refractivity contribution >= 4 is 6.09 Å². The van der Waals surface area contributed by atoms with E-state index >= 15 is 0 Å². The molecule has 0 saturated heterocycles. The summed E-state index contributed by atoms with van der Waals surface area (Å²) >= 11 is 0. The van der Waals surface area contributed by atoms with E-state index in [0.29, 0.717) is 24.4 Å². The lowest BCUT2D eigenvalue weighted by Crippen LogP contribution is -2.39. The third-order valence-corrected chi connectivity index (χ3v) is 5.47. The summed E-state index contributed by atoms with van der Waals surface area (Å²) in [6.45, 7) is 8.94. The average Bonchev–Trinajstić information content (AvgIpc) is 2.76. The molecule has 3 aromatic rings. The molecule has 0 saturated carbocycles. The molecule has 172 valence electrons. The maximum atomic E-state index is 14.2. The molecule has 1 aliphatic rings. The zero-order valence-corrected chi connectivity index (χ0v) is 19.5. The second kappa shape index (κ2) is 9.22. The minimum Gasteiger partial charge on any atom is -0.487 e. The predicted octanol–water partition coefficient (Wildman–Crippen LogP) is 6.07. The third kappa shape index (κ3) is 5.69. The largest absolute Gasteiger partial charge is 0.487 e. The van der Waals surface area contributed by atoms with Crippen molar-refractivity contribution in [1.29, 1.82) is 0 Å². The van der Waals surface area contributed by atoms with E-state index in [4.69, 9.17) is 9.47 Å². The Morgan fingerprint density at radius 3 is 2.67 bits per heavy atom. The molecule has 0 unspecified atom stereocenters. The molecule has 0 spiro atoms. The van der Waals surface area contributed by atoms with Gasteiger partial charge in [0.25, 0.3) is 0 Å². The van der Waals surface area contributed by atoms with Gasteiger partial charge in [0.05, 0.1) is 5.69 Å². The molecule has 6 heteroatoms. The predicted molar refractivity (Wildman–Crippen MR) is 125 cm³/mol. The minimum absolute atomic E-state index is 0.289. The lowest BCUT2D eigenvalue weighted by atomic mass is 9.94. The van der Waals surface area contributed by atoms with Crippen molar-refractivity contribution in [2.75, 3.05) is 6.54 Å². The maximum absolute atomic E-state index is 14.2. The van der Waals surface area contributed by atoms with Crippen LogP contribution in [0.5, 0.6) is 5.75 Å². The number of carbonyl (C=O) groups excluding carboxylic acids is 1. The number of hydrogen-bond donors (Lipinski definition) is 0. The SMILES string of the molecule is Cc1ccnc(COc2ccc(F)cc2-c2ccc3c(c2)CN(C(=O)OC(C)(C)C)CC3)c1. The second-order valence-electron chi connectivity index (χ2n) is 9.39. The molecule has 5 nitrogen and oxygen atoms in total. The first-order valence-corrected chi connectivity index (χ1v) is 11.1. The number of ether oxygens (including phenoxy) is 2. The van der Waals surface area contributed by atoms with Crippen LogP contribution in [0.25, 0.3) is 11.1 Å². The van der Waals surface area contributed by atoms with Crippen LogP contribution in [-0.4, -0.2) is 28.1 Å². The van der Waals surface area contributed by atoms with Crippen LogP contribution in [0.15, 0.2) is 54.7 Å². The Hall–Kier alpha value is -3.41. The van der Waals surface area contributed by atoms with E-state index in [2.05, 4.69) is 4.98 Å². The maximum Gasteiger partial charge on any atom is 0.410 e. The summed E-state index contributed by atoms with van der Waals surface area (Å²) in [5, 5.41) is 0. The van der Waals surface area contributed by atoms with Crippen molar-refractivity contribution < 1.29 is 18.7 Å². The zero-order chi connectivity index (χ0) is 23.6. The third-order valence-electron chi connectivity index (χ3n) is 5.47. The number of hydrogen-bond acceptors (Lipinski definition) is 4. The van der Waals surface area contributed by atoms with Crippen LogP contribution in [0.1, 0.15) is 43.2 Å². The summed E-state index contributed by atoms with van der Waals surface area (Å²) in [5.41, 5.74) is 5.09. The summed E-state index contributed by atoms with van der Waals surface area (Å²) < 4.78 is 25.7. The average molecular weight is 449 g/mol. The molecule has 1 amide bonds. The van der Waals surface area contributed by atoms with Gasteiger partial charge in [-0.1, -0.05) is 12.1 Å². The zero-order valence-electron chi connectivity index (χ0n) is 19.5. The number of benzene rings is 2. The molecule has 0 bridgehead atoms. The highest BCUT2D eigenvalue weighted by atomic mass is 19.1. The molecule has 33 heavy (non-hydrogen) atoms. The van der Waals surface area contributed by atoms with Crippen LogP contribution < -0.4 is 4.74 Å². The van der Waals surface area contributed by atoms with Crippen LogP contribution >= 0.6 is 0 Å². The summed E-state index contributed by atoms with van der Waals surface area (Å²) in [6, 6.07) is 14.5. The van der Waals surface area contributed by atoms with Crippen molar-refractivity contribution in [1.82, 2.24) is 9.88 Å². The number of pyridine rings is 1. The fraction of sp³-hybridized carbons (Fsp3) is 0.333. The Labute approximate surface area is 194 Å². The van der Waals surface area contributed by atoms with E-state index in [-0.39, 0.29) is 18.5 Å². The van der Waals surface area contributed by atoms with Crippen molar-refractivity contribution in [3.05, 3.63) is 82.9 Å². The number of aryl methyl sites for hydroxylation is 1. The molecule has 0 N–H and O–H groups in total. The number of rotatable bonds is 4. The lowest BCUT2D eigenvalue weighted by Gasteiger charge is -2.31. The van der Waals surface area contributed by atoms with E-state index in [0.717, 1.165) is 28.8 Å². The molecule has 4 rings (SSSR count). The minimum atomic E-state index is -0.542. The van der Waals surface area contributed by atoms with Gasteiger partial charge in [-0.15, -0.1) is 0 Å². The molecule has 1 aliphatic heterocycles. The van der Waals surface area contributed by atoms with Crippen LogP contribution in [-0.2, 0) is 24.3 Å². The fourth-order valence-electron chi connectivity index (χ4n) is 3.89. The Balaban J connectivity index is 1.58. The Bertz CT molecular complexity index is 1170. The fourth-order valence-corrected chi connectivity index (χ4v) is 3.89. The van der Waals surface area contributed by atoms with Crippen LogP contribution in [0.3, 0.4) is 0 Å². The molecular formula is C27H29FN2O3. The highest BCUT2D eigenvalue weighted by molar-refractivity contribution is 5.73. The van der Waals surface area contributed by atoms with Gasteiger partial charge in [0.2, 0.25) is 0 Å². The highest BCUT2D eigenvalue weighted by Crippen LogP contribution is 2.34. The summed E-state index contributed by atoms with van der Waals surface area (Å²) in [6.07, 6.45) is 2.18. The van der Waals surface area contributed by atoms with Crippen molar-refractivity contribution in [2.24, 2.45) is 0 Å². The molecule has 0 radical (unpaired) electrons. The first-order valence-electron chi connectivity index (χ1n) is 11.1. The smallest absolute Gasteiger partial charge is 0.410 e. The number of amides is 1. The van der Waals surface area contributed by atoms with Gasteiger partial charge in [0, 0.05) is 24.8 Å². The van der Waals surface area contributed by atoms with E-state index in [1.165, 1.54) is 17.7 Å². The van der Waals surface area contributed by atoms with Crippen molar-refractivity contribution in [3.8, 4) is 16.9 Å². The van der Waals surface area contributed by atoms with Crippen LogP contribution in [0.4, 0.5) is 9.18 Å². The lowest BCUT2D eigenvalue weighted by molar-refractivity contribution is 0.0224. The second-order valence-corrected chi connectivity index (χ2v) is 9.39. The molecule has 2 heterocycles. The number of carbonyl (C=O) groups is 1. The molecule has 0 atom stereocenters. The molecule has 0 aliphatic carbocycles. The number of nitrogens with zero attached hydrogens (tertiary/aromatic N) is 2. The van der Waals surface area contributed by atoms with Crippen molar-refractivity contribution in [3.63, 3.8) is 0 Å². The summed E-state index contributed by atoms with van der Waals surface area (Å²) in [4.78, 5) is 18.6. The Morgan fingerprint density at radius 2 is 1.91 bits per heavy atom.